The highest BCUT2D eigenvalue weighted by Gasteiger charge is 1.97. The number of nitrogens with zero attached hydrogens (tertiary/aromatic N) is 2. The van der Waals surface area contributed by atoms with E-state index >= 15 is 0 Å². The Morgan fingerprint density at radius 1 is 1.31 bits per heavy atom. The van der Waals surface area contributed by atoms with E-state index in [1.807, 2.05) is 24.3 Å². The van der Waals surface area contributed by atoms with Crippen LogP contribution in [0.2, 0.25) is 5.15 Å². The zero-order valence-electron chi connectivity index (χ0n) is 8.32. The van der Waals surface area contributed by atoms with Crippen molar-refractivity contribution in [3.8, 4) is 0 Å². The van der Waals surface area contributed by atoms with Gasteiger partial charge >= 0.3 is 0 Å². The number of benzene rings is 1. The molecule has 1 aromatic carbocycles. The number of hydrogen-bond donors (Lipinski definition) is 1. The molecule has 0 unspecified atom stereocenters. The van der Waals surface area contributed by atoms with Crippen molar-refractivity contribution in [2.24, 2.45) is 0 Å². The van der Waals surface area contributed by atoms with Crippen LogP contribution >= 0.6 is 27.5 Å². The standard InChI is InChI=1S/C11H9BrClN3/c12-9-3-1-2-8(4-9)5-15-11-7-14-6-10(13)16-11/h1-4,6-7H,5H2,(H,15,16). The van der Waals surface area contributed by atoms with Crippen molar-refractivity contribution in [1.29, 1.82) is 0 Å². The van der Waals surface area contributed by atoms with Gasteiger partial charge in [-0.3, -0.25) is 4.98 Å². The fourth-order valence-corrected chi connectivity index (χ4v) is 1.86. The first kappa shape index (κ1) is 11.4. The predicted octanol–water partition coefficient (Wildman–Crippen LogP) is 3.50. The minimum absolute atomic E-state index is 0.388. The van der Waals surface area contributed by atoms with Crippen LogP contribution in [0.5, 0.6) is 0 Å². The Bertz CT molecular complexity index is 445. The summed E-state index contributed by atoms with van der Waals surface area (Å²) in [5.74, 6) is 0.674. The summed E-state index contributed by atoms with van der Waals surface area (Å²) in [4.78, 5) is 8.04. The molecular formula is C11H9BrClN3. The molecule has 0 fully saturated rings. The molecule has 2 aromatic rings. The SMILES string of the molecule is Clc1cncc(NCc2cccc(Br)c2)n1. The smallest absolute Gasteiger partial charge is 0.149 e. The summed E-state index contributed by atoms with van der Waals surface area (Å²) in [7, 11) is 0. The van der Waals surface area contributed by atoms with Crippen molar-refractivity contribution < 1.29 is 0 Å². The van der Waals surface area contributed by atoms with Crippen molar-refractivity contribution >= 4 is 33.3 Å². The Labute approximate surface area is 107 Å². The third-order valence-corrected chi connectivity index (χ3v) is 2.64. The lowest BCUT2D eigenvalue weighted by Crippen LogP contribution is -2.01. The second-order valence-corrected chi connectivity index (χ2v) is 4.51. The first-order chi connectivity index (χ1) is 7.74. The van der Waals surface area contributed by atoms with Gasteiger partial charge in [-0.15, -0.1) is 0 Å². The van der Waals surface area contributed by atoms with Crippen LogP contribution in [0.25, 0.3) is 0 Å². The van der Waals surface area contributed by atoms with E-state index in [-0.39, 0.29) is 0 Å². The fourth-order valence-electron chi connectivity index (χ4n) is 1.27. The van der Waals surface area contributed by atoms with E-state index < -0.39 is 0 Å². The van der Waals surface area contributed by atoms with Gasteiger partial charge in [-0.05, 0) is 17.7 Å². The third kappa shape index (κ3) is 3.18. The molecule has 0 aliphatic heterocycles. The summed E-state index contributed by atoms with van der Waals surface area (Å²) >= 11 is 9.15. The summed E-state index contributed by atoms with van der Waals surface area (Å²) in [6, 6.07) is 8.06. The van der Waals surface area contributed by atoms with Crippen LogP contribution in [-0.2, 0) is 6.54 Å². The molecule has 0 saturated carbocycles. The first-order valence-electron chi connectivity index (χ1n) is 4.70. The van der Waals surface area contributed by atoms with Crippen LogP contribution < -0.4 is 5.32 Å². The lowest BCUT2D eigenvalue weighted by molar-refractivity contribution is 1.09. The van der Waals surface area contributed by atoms with Gasteiger partial charge in [-0.2, -0.15) is 0 Å². The fraction of sp³-hybridized carbons (Fsp3) is 0.0909. The number of nitrogens with one attached hydrogen (secondary N) is 1. The van der Waals surface area contributed by atoms with Gasteiger partial charge in [0.05, 0.1) is 12.4 Å². The normalized spacial score (nSPS) is 10.1. The minimum atomic E-state index is 0.388. The van der Waals surface area contributed by atoms with Crippen molar-refractivity contribution in [3.63, 3.8) is 0 Å². The average Bonchev–Trinajstić information content (AvgIpc) is 2.27. The number of rotatable bonds is 3. The molecule has 82 valence electrons. The summed E-state index contributed by atoms with van der Waals surface area (Å²) in [5, 5.41) is 3.54. The van der Waals surface area contributed by atoms with Crippen LogP contribution in [0.3, 0.4) is 0 Å². The third-order valence-electron chi connectivity index (χ3n) is 1.97. The molecule has 1 aromatic heterocycles. The van der Waals surface area contributed by atoms with E-state index in [4.69, 9.17) is 11.6 Å². The second-order valence-electron chi connectivity index (χ2n) is 3.21. The average molecular weight is 299 g/mol. The molecule has 3 nitrogen and oxygen atoms in total. The van der Waals surface area contributed by atoms with Crippen LogP contribution in [0, 0.1) is 0 Å². The first-order valence-corrected chi connectivity index (χ1v) is 5.87. The minimum Gasteiger partial charge on any atom is -0.365 e. The van der Waals surface area contributed by atoms with Crippen LogP contribution in [-0.4, -0.2) is 9.97 Å². The lowest BCUT2D eigenvalue weighted by atomic mass is 10.2. The zero-order valence-corrected chi connectivity index (χ0v) is 10.7. The molecule has 1 N–H and O–H groups in total. The molecule has 0 bridgehead atoms. The summed E-state index contributed by atoms with van der Waals surface area (Å²) in [6.07, 6.45) is 3.15. The van der Waals surface area contributed by atoms with Gasteiger partial charge in [0.1, 0.15) is 11.0 Å². The van der Waals surface area contributed by atoms with E-state index in [0.717, 1.165) is 10.0 Å². The Balaban J connectivity index is 2.02. The van der Waals surface area contributed by atoms with Gasteiger partial charge in [-0.1, -0.05) is 39.7 Å². The maximum Gasteiger partial charge on any atom is 0.149 e. The quantitative estimate of drug-likeness (QED) is 0.942. The number of halogens is 2. The van der Waals surface area contributed by atoms with Crippen molar-refractivity contribution in [3.05, 3.63) is 51.8 Å². The summed E-state index contributed by atoms with van der Waals surface area (Å²) in [5.41, 5.74) is 1.16. The van der Waals surface area contributed by atoms with Crippen LogP contribution in [0.15, 0.2) is 41.1 Å². The van der Waals surface area contributed by atoms with Crippen molar-refractivity contribution in [1.82, 2.24) is 9.97 Å². The van der Waals surface area contributed by atoms with Gasteiger partial charge < -0.3 is 5.32 Å². The molecule has 0 saturated heterocycles. The van der Waals surface area contributed by atoms with E-state index in [2.05, 4.69) is 31.2 Å². The molecular weight excluding hydrogens is 289 g/mol. The van der Waals surface area contributed by atoms with Gasteiger partial charge in [0.2, 0.25) is 0 Å². The molecule has 0 radical (unpaired) electrons. The van der Waals surface area contributed by atoms with Gasteiger partial charge in [-0.25, -0.2) is 4.98 Å². The lowest BCUT2D eigenvalue weighted by Gasteiger charge is -2.05. The van der Waals surface area contributed by atoms with Gasteiger partial charge in [0.15, 0.2) is 0 Å². The molecule has 0 spiro atoms. The highest BCUT2D eigenvalue weighted by atomic mass is 79.9. The number of hydrogen-bond acceptors (Lipinski definition) is 3. The molecule has 5 heteroatoms. The molecule has 1 heterocycles. The number of aromatic nitrogens is 2. The topological polar surface area (TPSA) is 37.8 Å². The van der Waals surface area contributed by atoms with E-state index in [0.29, 0.717) is 17.5 Å². The maximum absolute atomic E-state index is 5.73. The molecule has 0 amide bonds. The molecule has 2 rings (SSSR count). The predicted molar refractivity (Wildman–Crippen MR) is 68.5 cm³/mol. The monoisotopic (exact) mass is 297 g/mol. The Kier molecular flexibility index (Phi) is 3.74. The highest BCUT2D eigenvalue weighted by molar-refractivity contribution is 9.10. The van der Waals surface area contributed by atoms with E-state index in [1.54, 1.807) is 6.20 Å². The van der Waals surface area contributed by atoms with E-state index in [9.17, 15) is 0 Å². The largest absolute Gasteiger partial charge is 0.365 e. The van der Waals surface area contributed by atoms with Crippen molar-refractivity contribution in [2.75, 3.05) is 5.32 Å². The summed E-state index contributed by atoms with van der Waals surface area (Å²) < 4.78 is 1.06. The zero-order chi connectivity index (χ0) is 11.4. The molecule has 0 aliphatic rings. The summed E-state index contributed by atoms with van der Waals surface area (Å²) in [6.45, 7) is 0.689. The molecule has 0 atom stereocenters. The highest BCUT2D eigenvalue weighted by Crippen LogP contribution is 2.13. The Morgan fingerprint density at radius 3 is 2.94 bits per heavy atom. The maximum atomic E-state index is 5.73. The second kappa shape index (κ2) is 5.27. The molecule has 16 heavy (non-hydrogen) atoms. The van der Waals surface area contributed by atoms with E-state index in [1.165, 1.54) is 6.20 Å². The van der Waals surface area contributed by atoms with Gasteiger partial charge in [0, 0.05) is 11.0 Å². The van der Waals surface area contributed by atoms with Crippen LogP contribution in [0.1, 0.15) is 5.56 Å². The van der Waals surface area contributed by atoms with Crippen LogP contribution in [0.4, 0.5) is 5.82 Å². The Hall–Kier alpha value is -1.13. The Morgan fingerprint density at radius 2 is 2.19 bits per heavy atom. The van der Waals surface area contributed by atoms with Crippen molar-refractivity contribution in [2.45, 2.75) is 6.54 Å². The molecule has 0 aliphatic carbocycles. The van der Waals surface area contributed by atoms with Gasteiger partial charge in [0.25, 0.3) is 0 Å². The number of anilines is 1.